The number of hydrogen-bond donors (Lipinski definition) is 0. The number of likely N-dealkylation sites (tertiary alicyclic amines) is 1. The summed E-state index contributed by atoms with van der Waals surface area (Å²) in [7, 11) is 0. The number of carbonyl (C=O) groups is 3. The molecule has 0 bridgehead atoms. The van der Waals surface area contributed by atoms with Crippen molar-refractivity contribution < 1.29 is 33.0 Å². The topological polar surface area (TPSA) is 98.5 Å². The Hall–Kier alpha value is -4.27. The van der Waals surface area contributed by atoms with Crippen molar-refractivity contribution in [3.63, 3.8) is 0 Å². The molecule has 2 aromatic carbocycles. The summed E-state index contributed by atoms with van der Waals surface area (Å²) in [6, 6.07) is 19.1. The number of benzene rings is 2. The number of nitrogens with zero attached hydrogens (tertiary/aromatic N) is 2. The minimum atomic E-state index is -0.619. The van der Waals surface area contributed by atoms with E-state index < -0.39 is 23.8 Å². The highest BCUT2D eigenvalue weighted by atomic mass is 16.6. The molecule has 1 aromatic heterocycles. The van der Waals surface area contributed by atoms with Gasteiger partial charge >= 0.3 is 18.2 Å². The van der Waals surface area contributed by atoms with Crippen LogP contribution in [-0.4, -0.2) is 65.9 Å². The Morgan fingerprint density at radius 1 is 0.925 bits per heavy atom. The van der Waals surface area contributed by atoms with Crippen molar-refractivity contribution in [1.82, 2.24) is 9.80 Å². The van der Waals surface area contributed by atoms with Crippen LogP contribution in [0, 0.1) is 0 Å². The van der Waals surface area contributed by atoms with E-state index in [-0.39, 0.29) is 37.5 Å². The van der Waals surface area contributed by atoms with E-state index in [1.54, 1.807) is 22.8 Å². The van der Waals surface area contributed by atoms with Gasteiger partial charge in [0.1, 0.15) is 18.0 Å². The zero-order valence-electron chi connectivity index (χ0n) is 23.2. The molecule has 2 heterocycles. The molecule has 1 fully saturated rings. The fourth-order valence-electron chi connectivity index (χ4n) is 5.09. The SMILES string of the molecule is CCOC(=O)c1ccc(CN(C(=O)OCC2c3ccccc3-c3ccccc32)C2CN(C(=O)OC(C)(C)C)C2)o1. The fraction of sp³-hybridized carbons (Fsp3) is 0.387. The van der Waals surface area contributed by atoms with Gasteiger partial charge in [-0.15, -0.1) is 0 Å². The molecule has 210 valence electrons. The highest BCUT2D eigenvalue weighted by Crippen LogP contribution is 2.44. The molecule has 0 radical (unpaired) electrons. The first-order valence-electron chi connectivity index (χ1n) is 13.5. The lowest BCUT2D eigenvalue weighted by Gasteiger charge is -2.44. The molecule has 1 aliphatic carbocycles. The number of furan rings is 1. The lowest BCUT2D eigenvalue weighted by atomic mass is 9.98. The van der Waals surface area contributed by atoms with Crippen LogP contribution in [0.15, 0.2) is 65.1 Å². The van der Waals surface area contributed by atoms with E-state index in [9.17, 15) is 14.4 Å². The summed E-state index contributed by atoms with van der Waals surface area (Å²) in [5.41, 5.74) is 3.91. The normalized spacial score (nSPS) is 14.7. The van der Waals surface area contributed by atoms with E-state index in [0.29, 0.717) is 18.8 Å². The molecule has 0 N–H and O–H groups in total. The number of amides is 2. The van der Waals surface area contributed by atoms with Gasteiger partial charge in [0, 0.05) is 19.0 Å². The first-order valence-corrected chi connectivity index (χ1v) is 13.5. The third-order valence-corrected chi connectivity index (χ3v) is 6.99. The first kappa shape index (κ1) is 27.3. The summed E-state index contributed by atoms with van der Waals surface area (Å²) in [5, 5.41) is 0. The van der Waals surface area contributed by atoms with Gasteiger partial charge in [0.05, 0.1) is 19.2 Å². The van der Waals surface area contributed by atoms with Crippen LogP contribution in [0.4, 0.5) is 9.59 Å². The van der Waals surface area contributed by atoms with Gasteiger partial charge in [-0.2, -0.15) is 0 Å². The number of esters is 1. The minimum Gasteiger partial charge on any atom is -0.460 e. The van der Waals surface area contributed by atoms with E-state index in [0.717, 1.165) is 22.3 Å². The van der Waals surface area contributed by atoms with Crippen LogP contribution in [0.3, 0.4) is 0 Å². The Balaban J connectivity index is 1.31. The van der Waals surface area contributed by atoms with Crippen LogP contribution in [0.25, 0.3) is 11.1 Å². The van der Waals surface area contributed by atoms with Gasteiger partial charge in [0.15, 0.2) is 0 Å². The zero-order chi connectivity index (χ0) is 28.4. The molecule has 9 heteroatoms. The molecular weight excluding hydrogens is 512 g/mol. The zero-order valence-corrected chi connectivity index (χ0v) is 23.2. The van der Waals surface area contributed by atoms with Gasteiger partial charge in [-0.05, 0) is 62.1 Å². The van der Waals surface area contributed by atoms with Crippen LogP contribution in [0.1, 0.15) is 61.1 Å². The van der Waals surface area contributed by atoms with E-state index in [4.69, 9.17) is 18.6 Å². The molecule has 40 heavy (non-hydrogen) atoms. The average Bonchev–Trinajstić information content (AvgIpc) is 3.48. The van der Waals surface area contributed by atoms with E-state index in [1.165, 1.54) is 6.07 Å². The van der Waals surface area contributed by atoms with Crippen LogP contribution < -0.4 is 0 Å². The van der Waals surface area contributed by atoms with Crippen molar-refractivity contribution in [2.24, 2.45) is 0 Å². The second kappa shape index (κ2) is 11.1. The highest BCUT2D eigenvalue weighted by molar-refractivity contribution is 5.86. The molecule has 2 amide bonds. The molecule has 0 spiro atoms. The van der Waals surface area contributed by atoms with Gasteiger partial charge in [-0.1, -0.05) is 48.5 Å². The van der Waals surface area contributed by atoms with Crippen molar-refractivity contribution in [2.75, 3.05) is 26.3 Å². The maximum Gasteiger partial charge on any atom is 0.410 e. The molecule has 0 unspecified atom stereocenters. The van der Waals surface area contributed by atoms with Crippen molar-refractivity contribution in [2.45, 2.75) is 51.8 Å². The predicted molar refractivity (Wildman–Crippen MR) is 147 cm³/mol. The third-order valence-electron chi connectivity index (χ3n) is 6.99. The Kier molecular flexibility index (Phi) is 7.56. The van der Waals surface area contributed by atoms with E-state index >= 15 is 0 Å². The summed E-state index contributed by atoms with van der Waals surface area (Å²) >= 11 is 0. The summed E-state index contributed by atoms with van der Waals surface area (Å²) in [6.07, 6.45) is -0.955. The molecule has 1 aliphatic heterocycles. The molecule has 2 aliphatic rings. The Labute approximate surface area is 233 Å². The lowest BCUT2D eigenvalue weighted by molar-refractivity contribution is -0.0187. The van der Waals surface area contributed by atoms with Crippen molar-refractivity contribution in [3.8, 4) is 11.1 Å². The van der Waals surface area contributed by atoms with E-state index in [1.807, 2.05) is 45.0 Å². The molecule has 5 rings (SSSR count). The average molecular weight is 547 g/mol. The monoisotopic (exact) mass is 546 g/mol. The predicted octanol–water partition coefficient (Wildman–Crippen LogP) is 5.83. The van der Waals surface area contributed by atoms with Gasteiger partial charge in [-0.3, -0.25) is 4.90 Å². The largest absolute Gasteiger partial charge is 0.460 e. The van der Waals surface area contributed by atoms with Crippen molar-refractivity contribution in [3.05, 3.63) is 83.3 Å². The maximum absolute atomic E-state index is 13.5. The standard InChI is InChI=1S/C31H34N2O7/c1-5-37-28(34)27-15-14-21(39-27)18-33(20-16-32(17-20)29(35)40-31(2,3)4)30(36)38-19-26-24-12-8-6-10-22(24)23-11-7-9-13-25(23)26/h6-15,20,26H,5,16-19H2,1-4H3. The van der Waals surface area contributed by atoms with Gasteiger partial charge in [0.25, 0.3) is 0 Å². The number of fused-ring (bicyclic) bond motifs is 3. The smallest absolute Gasteiger partial charge is 0.410 e. The minimum absolute atomic E-state index is 0.0633. The second-order valence-electron chi connectivity index (χ2n) is 11.0. The quantitative estimate of drug-likeness (QED) is 0.272. The van der Waals surface area contributed by atoms with Crippen molar-refractivity contribution >= 4 is 18.2 Å². The van der Waals surface area contributed by atoms with Gasteiger partial charge < -0.3 is 23.5 Å². The summed E-state index contributed by atoms with van der Waals surface area (Å²) in [5.74, 6) is -0.182. The number of ether oxygens (including phenoxy) is 3. The van der Waals surface area contributed by atoms with Crippen LogP contribution in [-0.2, 0) is 20.8 Å². The molecule has 1 saturated heterocycles. The van der Waals surface area contributed by atoms with Gasteiger partial charge in [0.2, 0.25) is 5.76 Å². The highest BCUT2D eigenvalue weighted by Gasteiger charge is 2.40. The molecule has 0 saturated carbocycles. The second-order valence-corrected chi connectivity index (χ2v) is 11.0. The van der Waals surface area contributed by atoms with Crippen LogP contribution in [0.5, 0.6) is 0 Å². The molecule has 9 nitrogen and oxygen atoms in total. The van der Waals surface area contributed by atoms with Crippen LogP contribution in [0.2, 0.25) is 0 Å². The Morgan fingerprint density at radius 2 is 1.55 bits per heavy atom. The lowest BCUT2D eigenvalue weighted by Crippen LogP contribution is -2.62. The first-order chi connectivity index (χ1) is 19.1. The van der Waals surface area contributed by atoms with Crippen LogP contribution >= 0.6 is 0 Å². The molecule has 0 atom stereocenters. The third kappa shape index (κ3) is 5.68. The Bertz CT molecular complexity index is 1350. The molecular formula is C31H34N2O7. The number of carbonyl (C=O) groups excluding carboxylic acids is 3. The van der Waals surface area contributed by atoms with Gasteiger partial charge in [-0.25, -0.2) is 14.4 Å². The summed E-state index contributed by atoms with van der Waals surface area (Å²) in [6.45, 7) is 8.20. The summed E-state index contributed by atoms with van der Waals surface area (Å²) < 4.78 is 22.1. The maximum atomic E-state index is 13.5. The Morgan fingerprint density at radius 3 is 2.15 bits per heavy atom. The number of rotatable bonds is 7. The molecule has 3 aromatic rings. The summed E-state index contributed by atoms with van der Waals surface area (Å²) in [4.78, 5) is 41.2. The fourth-order valence-corrected chi connectivity index (χ4v) is 5.09. The van der Waals surface area contributed by atoms with Crippen molar-refractivity contribution in [1.29, 1.82) is 0 Å². The van der Waals surface area contributed by atoms with E-state index in [2.05, 4.69) is 24.3 Å². The number of hydrogen-bond acceptors (Lipinski definition) is 7.